The summed E-state index contributed by atoms with van der Waals surface area (Å²) in [6.07, 6.45) is 0. The van der Waals surface area contributed by atoms with Crippen molar-refractivity contribution in [2.45, 2.75) is 20.4 Å². The first-order valence-corrected chi connectivity index (χ1v) is 6.12. The second-order valence-corrected chi connectivity index (χ2v) is 4.65. The number of carbonyl (C=O) groups excluding carboxylic acids is 1. The van der Waals surface area contributed by atoms with Gasteiger partial charge >= 0.3 is 0 Å². The number of hydrogen-bond acceptors (Lipinski definition) is 4. The maximum Gasteiger partial charge on any atom is 0.253 e. The van der Waals surface area contributed by atoms with E-state index in [2.05, 4.69) is 10.5 Å². The van der Waals surface area contributed by atoms with Gasteiger partial charge in [-0.15, -0.1) is 0 Å². The van der Waals surface area contributed by atoms with Gasteiger partial charge in [-0.25, -0.2) is 0 Å². The maximum atomic E-state index is 12.0. The van der Waals surface area contributed by atoms with E-state index in [9.17, 15) is 4.79 Å². The number of nitrogens with zero attached hydrogens (tertiary/aromatic N) is 1. The lowest BCUT2D eigenvalue weighted by atomic mass is 10.1. The highest BCUT2D eigenvalue weighted by Gasteiger charge is 2.13. The van der Waals surface area contributed by atoms with Gasteiger partial charge in [-0.1, -0.05) is 16.8 Å². The molecule has 0 saturated heterocycles. The molecule has 1 aromatic heterocycles. The van der Waals surface area contributed by atoms with Gasteiger partial charge in [0.2, 0.25) is 0 Å². The van der Waals surface area contributed by atoms with Crippen molar-refractivity contribution in [2.75, 3.05) is 5.73 Å². The van der Waals surface area contributed by atoms with Crippen LogP contribution < -0.4 is 11.1 Å². The zero-order valence-corrected chi connectivity index (χ0v) is 11.4. The molecule has 0 bridgehead atoms. The number of aromatic nitrogens is 1. The van der Waals surface area contributed by atoms with Gasteiger partial charge in [0, 0.05) is 22.8 Å². The Morgan fingerprint density at radius 1 is 1.47 bits per heavy atom. The second kappa shape index (κ2) is 5.32. The number of nitrogen functional groups attached to an aromatic ring is 1. The zero-order valence-electron chi connectivity index (χ0n) is 10.7. The van der Waals surface area contributed by atoms with Crippen LogP contribution in [0.25, 0.3) is 0 Å². The van der Waals surface area contributed by atoms with Gasteiger partial charge in [-0.05, 0) is 32.0 Å². The smallest absolute Gasteiger partial charge is 0.253 e. The quantitative estimate of drug-likeness (QED) is 0.846. The van der Waals surface area contributed by atoms with E-state index >= 15 is 0 Å². The Hall–Kier alpha value is -2.01. The third-order valence-corrected chi connectivity index (χ3v) is 3.10. The Bertz CT molecular complexity index is 603. The Labute approximate surface area is 115 Å². The highest BCUT2D eigenvalue weighted by Crippen LogP contribution is 2.18. The summed E-state index contributed by atoms with van der Waals surface area (Å²) in [5, 5.41) is 7.11. The number of rotatable bonds is 3. The number of carbonyl (C=O) groups is 1. The molecule has 0 aliphatic carbocycles. The summed E-state index contributed by atoms with van der Waals surface area (Å²) in [6, 6.07) is 4.77. The molecule has 0 atom stereocenters. The third kappa shape index (κ3) is 2.88. The fraction of sp³-hybridized carbons (Fsp3) is 0.231. The van der Waals surface area contributed by atoms with Crippen molar-refractivity contribution in [3.63, 3.8) is 0 Å². The van der Waals surface area contributed by atoms with Crippen LogP contribution >= 0.6 is 11.6 Å². The summed E-state index contributed by atoms with van der Waals surface area (Å²) in [5.74, 6) is 0.441. The van der Waals surface area contributed by atoms with Crippen molar-refractivity contribution in [1.29, 1.82) is 0 Å². The van der Waals surface area contributed by atoms with Gasteiger partial charge in [0.25, 0.3) is 5.91 Å². The molecule has 0 aliphatic heterocycles. The number of anilines is 1. The van der Waals surface area contributed by atoms with E-state index in [-0.39, 0.29) is 5.91 Å². The van der Waals surface area contributed by atoms with Crippen molar-refractivity contribution < 1.29 is 9.32 Å². The lowest BCUT2D eigenvalue weighted by Crippen LogP contribution is -2.24. The molecule has 6 heteroatoms. The Kier molecular flexibility index (Phi) is 3.76. The predicted octanol–water partition coefficient (Wildman–Crippen LogP) is 2.46. The minimum atomic E-state index is -0.255. The number of nitrogens with one attached hydrogen (secondary N) is 1. The third-order valence-electron chi connectivity index (χ3n) is 2.87. The summed E-state index contributed by atoms with van der Waals surface area (Å²) in [4.78, 5) is 12.0. The van der Waals surface area contributed by atoms with Gasteiger partial charge in [-0.3, -0.25) is 4.79 Å². The molecule has 5 nitrogen and oxygen atoms in total. The number of halogens is 1. The van der Waals surface area contributed by atoms with Gasteiger partial charge in [0.05, 0.1) is 11.3 Å². The molecule has 0 unspecified atom stereocenters. The largest absolute Gasteiger partial charge is 0.398 e. The SMILES string of the molecule is Cc1noc(C)c1CNC(=O)c1ccc(Cl)cc1N. The summed E-state index contributed by atoms with van der Waals surface area (Å²) in [5.41, 5.74) is 8.15. The monoisotopic (exact) mass is 279 g/mol. The first kappa shape index (κ1) is 13.4. The van der Waals surface area contributed by atoms with Crippen molar-refractivity contribution in [1.82, 2.24) is 10.5 Å². The van der Waals surface area contributed by atoms with Crippen molar-refractivity contribution in [3.05, 3.63) is 45.8 Å². The molecule has 0 aliphatic rings. The molecule has 3 N–H and O–H groups in total. The molecule has 1 heterocycles. The number of benzene rings is 1. The Morgan fingerprint density at radius 3 is 2.79 bits per heavy atom. The Balaban J connectivity index is 2.10. The summed E-state index contributed by atoms with van der Waals surface area (Å²) in [6.45, 7) is 3.98. The molecule has 100 valence electrons. The van der Waals surface area contributed by atoms with Crippen LogP contribution in [0, 0.1) is 13.8 Å². The summed E-state index contributed by atoms with van der Waals surface area (Å²) < 4.78 is 5.03. The van der Waals surface area contributed by atoms with Gasteiger partial charge in [-0.2, -0.15) is 0 Å². The van der Waals surface area contributed by atoms with E-state index in [1.165, 1.54) is 0 Å². The van der Waals surface area contributed by atoms with E-state index < -0.39 is 0 Å². The fourth-order valence-corrected chi connectivity index (χ4v) is 1.94. The van der Waals surface area contributed by atoms with Crippen LogP contribution in [0.4, 0.5) is 5.69 Å². The molecule has 0 spiro atoms. The van der Waals surface area contributed by atoms with Crippen LogP contribution in [-0.4, -0.2) is 11.1 Å². The number of amides is 1. The molecular weight excluding hydrogens is 266 g/mol. The van der Waals surface area contributed by atoms with Crippen molar-refractivity contribution in [3.8, 4) is 0 Å². The average Bonchev–Trinajstić information content (AvgIpc) is 2.66. The van der Waals surface area contributed by atoms with Crippen molar-refractivity contribution >= 4 is 23.2 Å². The van der Waals surface area contributed by atoms with Crippen LogP contribution in [0.3, 0.4) is 0 Å². The molecular formula is C13H14ClN3O2. The lowest BCUT2D eigenvalue weighted by Gasteiger charge is -2.07. The van der Waals surface area contributed by atoms with Crippen LogP contribution in [0.1, 0.15) is 27.4 Å². The number of aryl methyl sites for hydroxylation is 2. The summed E-state index contributed by atoms with van der Waals surface area (Å²) in [7, 11) is 0. The van der Waals surface area contributed by atoms with Gasteiger partial charge < -0.3 is 15.6 Å². The Morgan fingerprint density at radius 2 is 2.21 bits per heavy atom. The van der Waals surface area contributed by atoms with E-state index in [4.69, 9.17) is 21.9 Å². The highest BCUT2D eigenvalue weighted by atomic mass is 35.5. The first-order chi connectivity index (χ1) is 8.99. The normalized spacial score (nSPS) is 10.5. The molecule has 0 saturated carbocycles. The molecule has 19 heavy (non-hydrogen) atoms. The standard InChI is InChI=1S/C13H14ClN3O2/c1-7-11(8(2)19-17-7)6-16-13(18)10-4-3-9(14)5-12(10)15/h3-5H,6,15H2,1-2H3,(H,16,18). The molecule has 2 aromatic rings. The highest BCUT2D eigenvalue weighted by molar-refractivity contribution is 6.31. The van der Waals surface area contributed by atoms with Crippen LogP contribution in [-0.2, 0) is 6.54 Å². The van der Waals surface area contributed by atoms with Crippen LogP contribution in [0.2, 0.25) is 5.02 Å². The van der Waals surface area contributed by atoms with Gasteiger partial charge in [0.1, 0.15) is 5.76 Å². The van der Waals surface area contributed by atoms with Crippen molar-refractivity contribution in [2.24, 2.45) is 0 Å². The number of hydrogen-bond donors (Lipinski definition) is 2. The van der Waals surface area contributed by atoms with E-state index in [0.717, 1.165) is 11.3 Å². The minimum Gasteiger partial charge on any atom is -0.398 e. The van der Waals surface area contributed by atoms with Crippen LogP contribution in [0.5, 0.6) is 0 Å². The topological polar surface area (TPSA) is 81.2 Å². The minimum absolute atomic E-state index is 0.255. The predicted molar refractivity (Wildman–Crippen MR) is 73.0 cm³/mol. The molecule has 1 amide bonds. The van der Waals surface area contributed by atoms with E-state index in [1.54, 1.807) is 25.1 Å². The number of nitrogens with two attached hydrogens (primary N) is 1. The first-order valence-electron chi connectivity index (χ1n) is 5.74. The summed E-state index contributed by atoms with van der Waals surface area (Å²) >= 11 is 5.79. The molecule has 0 fully saturated rings. The van der Waals surface area contributed by atoms with E-state index in [1.807, 2.05) is 6.92 Å². The van der Waals surface area contributed by atoms with Crippen LogP contribution in [0.15, 0.2) is 22.7 Å². The second-order valence-electron chi connectivity index (χ2n) is 4.22. The molecule has 0 radical (unpaired) electrons. The van der Waals surface area contributed by atoms with E-state index in [0.29, 0.717) is 28.6 Å². The maximum absolute atomic E-state index is 12.0. The molecule has 2 rings (SSSR count). The van der Waals surface area contributed by atoms with Gasteiger partial charge in [0.15, 0.2) is 0 Å². The fourth-order valence-electron chi connectivity index (χ4n) is 1.76. The average molecular weight is 280 g/mol. The lowest BCUT2D eigenvalue weighted by molar-refractivity contribution is 0.0951. The molecule has 1 aromatic carbocycles. The zero-order chi connectivity index (χ0) is 14.0.